The molecule has 0 unspecified atom stereocenters. The Labute approximate surface area is 165 Å². The average molecular weight is 391 g/mol. The molecule has 0 aliphatic carbocycles. The maximum atomic E-state index is 12.9. The van der Waals surface area contributed by atoms with E-state index in [1.807, 2.05) is 48.0 Å². The molecule has 0 radical (unpaired) electrons. The van der Waals surface area contributed by atoms with Gasteiger partial charge in [0, 0.05) is 10.9 Å². The third-order valence-corrected chi connectivity index (χ3v) is 5.95. The van der Waals surface area contributed by atoms with Crippen molar-refractivity contribution in [2.45, 2.75) is 6.92 Å². The van der Waals surface area contributed by atoms with E-state index in [4.69, 9.17) is 4.98 Å². The molecular formula is C22H18N2OS2. The standard InChI is InChI=1S/C22H18N2OS2/c1-14-7-6-8-15(11-14)12-18(26-2)20-23-21(25)19-17(13-27-22(19)24-20)16-9-4-3-5-10-16/h3-13H,1-2H3,(H,23,24,25)/b18-12-. The maximum absolute atomic E-state index is 12.9. The van der Waals surface area contributed by atoms with Gasteiger partial charge in [-0.2, -0.15) is 0 Å². The van der Waals surface area contributed by atoms with Gasteiger partial charge in [0.05, 0.1) is 10.3 Å². The summed E-state index contributed by atoms with van der Waals surface area (Å²) in [5, 5.41) is 2.67. The van der Waals surface area contributed by atoms with Gasteiger partial charge in [-0.3, -0.25) is 4.79 Å². The van der Waals surface area contributed by atoms with E-state index in [0.29, 0.717) is 11.2 Å². The van der Waals surface area contributed by atoms with Crippen LogP contribution in [-0.2, 0) is 0 Å². The van der Waals surface area contributed by atoms with E-state index < -0.39 is 0 Å². The third kappa shape index (κ3) is 3.61. The minimum atomic E-state index is -0.0979. The number of thioether (sulfide) groups is 1. The lowest BCUT2D eigenvalue weighted by molar-refractivity contribution is 1.15. The van der Waals surface area contributed by atoms with Crippen LogP contribution >= 0.6 is 23.1 Å². The van der Waals surface area contributed by atoms with Gasteiger partial charge in [-0.15, -0.1) is 23.1 Å². The molecule has 1 N–H and O–H groups in total. The number of aromatic amines is 1. The minimum absolute atomic E-state index is 0.0979. The highest BCUT2D eigenvalue weighted by molar-refractivity contribution is 8.07. The number of nitrogens with zero attached hydrogens (tertiary/aromatic N) is 1. The topological polar surface area (TPSA) is 45.8 Å². The van der Waals surface area contributed by atoms with Gasteiger partial charge in [0.15, 0.2) is 0 Å². The zero-order valence-electron chi connectivity index (χ0n) is 15.0. The highest BCUT2D eigenvalue weighted by atomic mass is 32.2. The second-order valence-electron chi connectivity index (χ2n) is 6.24. The zero-order chi connectivity index (χ0) is 18.8. The Hall–Kier alpha value is -2.63. The molecular weight excluding hydrogens is 372 g/mol. The molecule has 0 saturated heterocycles. The van der Waals surface area contributed by atoms with Crippen molar-refractivity contribution in [2.75, 3.05) is 6.26 Å². The first-order valence-corrected chi connectivity index (χ1v) is 10.7. The molecule has 0 aliphatic rings. The van der Waals surface area contributed by atoms with Gasteiger partial charge in [-0.25, -0.2) is 4.98 Å². The van der Waals surface area contributed by atoms with E-state index >= 15 is 0 Å². The number of H-pyrrole nitrogens is 1. The molecule has 0 atom stereocenters. The smallest absolute Gasteiger partial charge is 0.260 e. The second kappa shape index (κ2) is 7.55. The Morgan fingerprint density at radius 3 is 2.70 bits per heavy atom. The molecule has 0 spiro atoms. The van der Waals surface area contributed by atoms with Crippen LogP contribution < -0.4 is 5.56 Å². The largest absolute Gasteiger partial charge is 0.305 e. The van der Waals surface area contributed by atoms with Crippen LogP contribution in [0.2, 0.25) is 0 Å². The molecule has 27 heavy (non-hydrogen) atoms. The number of hydrogen-bond acceptors (Lipinski definition) is 4. The van der Waals surface area contributed by atoms with E-state index in [0.717, 1.165) is 26.4 Å². The van der Waals surface area contributed by atoms with Crippen molar-refractivity contribution in [3.05, 3.63) is 87.3 Å². The van der Waals surface area contributed by atoms with Gasteiger partial charge in [0.1, 0.15) is 10.7 Å². The lowest BCUT2D eigenvalue weighted by Crippen LogP contribution is -2.10. The molecule has 134 valence electrons. The summed E-state index contributed by atoms with van der Waals surface area (Å²) in [6, 6.07) is 18.2. The highest BCUT2D eigenvalue weighted by Gasteiger charge is 2.14. The summed E-state index contributed by atoms with van der Waals surface area (Å²) >= 11 is 3.08. The summed E-state index contributed by atoms with van der Waals surface area (Å²) in [6.07, 6.45) is 4.06. The summed E-state index contributed by atoms with van der Waals surface area (Å²) in [6.45, 7) is 2.07. The van der Waals surface area contributed by atoms with Crippen molar-refractivity contribution >= 4 is 44.3 Å². The summed E-state index contributed by atoms with van der Waals surface area (Å²) in [5.41, 5.74) is 4.16. The fourth-order valence-electron chi connectivity index (χ4n) is 3.03. The first kappa shape index (κ1) is 17.8. The molecule has 4 aromatic rings. The van der Waals surface area contributed by atoms with E-state index in [1.165, 1.54) is 16.9 Å². The Kier molecular flexibility index (Phi) is 4.97. The zero-order valence-corrected chi connectivity index (χ0v) is 16.7. The van der Waals surface area contributed by atoms with Crippen LogP contribution in [0.5, 0.6) is 0 Å². The molecule has 3 nitrogen and oxygen atoms in total. The maximum Gasteiger partial charge on any atom is 0.260 e. The van der Waals surface area contributed by atoms with Gasteiger partial charge in [0.2, 0.25) is 0 Å². The van der Waals surface area contributed by atoms with Gasteiger partial charge < -0.3 is 4.98 Å². The Bertz CT molecular complexity index is 1190. The molecule has 5 heteroatoms. The number of fused-ring (bicyclic) bond motifs is 1. The Balaban J connectivity index is 1.83. The average Bonchev–Trinajstić information content (AvgIpc) is 3.11. The summed E-state index contributed by atoms with van der Waals surface area (Å²) in [7, 11) is 0. The van der Waals surface area contributed by atoms with Crippen molar-refractivity contribution in [3.63, 3.8) is 0 Å². The summed E-state index contributed by atoms with van der Waals surface area (Å²) in [4.78, 5) is 22.3. The van der Waals surface area contributed by atoms with Crippen LogP contribution in [0.1, 0.15) is 17.0 Å². The van der Waals surface area contributed by atoms with E-state index in [2.05, 4.69) is 36.2 Å². The Morgan fingerprint density at radius 1 is 1.15 bits per heavy atom. The quantitative estimate of drug-likeness (QED) is 0.477. The van der Waals surface area contributed by atoms with Crippen molar-refractivity contribution < 1.29 is 0 Å². The van der Waals surface area contributed by atoms with Crippen LogP contribution in [0.4, 0.5) is 0 Å². The van der Waals surface area contributed by atoms with Crippen molar-refractivity contribution in [1.82, 2.24) is 9.97 Å². The number of thiophene rings is 1. The molecule has 2 aromatic carbocycles. The van der Waals surface area contributed by atoms with Gasteiger partial charge >= 0.3 is 0 Å². The number of aryl methyl sites for hydroxylation is 1. The SMILES string of the molecule is CS/C(=C\c1cccc(C)c1)c1nc2scc(-c3ccccc3)c2c(=O)[nH]1. The molecule has 0 aliphatic heterocycles. The van der Waals surface area contributed by atoms with Crippen LogP contribution in [0.25, 0.3) is 32.3 Å². The number of nitrogens with one attached hydrogen (secondary N) is 1. The van der Waals surface area contributed by atoms with Crippen LogP contribution in [0.3, 0.4) is 0 Å². The molecule has 2 aromatic heterocycles. The molecule has 4 rings (SSSR count). The fraction of sp³-hybridized carbons (Fsp3) is 0.0909. The van der Waals surface area contributed by atoms with Crippen LogP contribution in [0.15, 0.2) is 64.8 Å². The van der Waals surface area contributed by atoms with Crippen LogP contribution in [0, 0.1) is 6.92 Å². The van der Waals surface area contributed by atoms with Crippen molar-refractivity contribution in [2.24, 2.45) is 0 Å². The predicted octanol–water partition coefficient (Wildman–Crippen LogP) is 5.82. The summed E-state index contributed by atoms with van der Waals surface area (Å²) < 4.78 is 0. The van der Waals surface area contributed by atoms with Gasteiger partial charge in [-0.1, -0.05) is 60.2 Å². The molecule has 0 saturated carbocycles. The number of hydrogen-bond donors (Lipinski definition) is 1. The van der Waals surface area contributed by atoms with Crippen molar-refractivity contribution in [3.8, 4) is 11.1 Å². The van der Waals surface area contributed by atoms with Crippen molar-refractivity contribution in [1.29, 1.82) is 0 Å². The third-order valence-electron chi connectivity index (χ3n) is 4.32. The second-order valence-corrected chi connectivity index (χ2v) is 7.94. The molecule has 0 amide bonds. The molecule has 0 bridgehead atoms. The first-order valence-electron chi connectivity index (χ1n) is 8.55. The fourth-order valence-corrected chi connectivity index (χ4v) is 4.52. The van der Waals surface area contributed by atoms with E-state index in [9.17, 15) is 4.79 Å². The first-order chi connectivity index (χ1) is 13.2. The van der Waals surface area contributed by atoms with E-state index in [1.54, 1.807) is 11.8 Å². The lowest BCUT2D eigenvalue weighted by atomic mass is 10.1. The predicted molar refractivity (Wildman–Crippen MR) is 118 cm³/mol. The molecule has 2 heterocycles. The highest BCUT2D eigenvalue weighted by Crippen LogP contribution is 2.32. The van der Waals surface area contributed by atoms with Crippen LogP contribution in [-0.4, -0.2) is 16.2 Å². The normalized spacial score (nSPS) is 11.9. The molecule has 0 fully saturated rings. The van der Waals surface area contributed by atoms with Gasteiger partial charge in [-0.05, 0) is 30.4 Å². The minimum Gasteiger partial charge on any atom is -0.305 e. The monoisotopic (exact) mass is 390 g/mol. The Morgan fingerprint density at radius 2 is 1.96 bits per heavy atom. The summed E-state index contributed by atoms with van der Waals surface area (Å²) in [5.74, 6) is 0.614. The number of benzene rings is 2. The number of aromatic nitrogens is 2. The van der Waals surface area contributed by atoms with Gasteiger partial charge in [0.25, 0.3) is 5.56 Å². The lowest BCUT2D eigenvalue weighted by Gasteiger charge is -2.05. The van der Waals surface area contributed by atoms with E-state index in [-0.39, 0.29) is 5.56 Å². The number of rotatable bonds is 4.